The average molecular weight is 280 g/mol. The molecule has 3 rings (SSSR count). The van der Waals surface area contributed by atoms with Gasteiger partial charge in [0.1, 0.15) is 0 Å². The maximum atomic E-state index is 9.57. The Hall–Kier alpha value is -0.0400. The maximum Gasteiger partial charge on any atom is 0.0462 e. The van der Waals surface area contributed by atoms with Gasteiger partial charge in [-0.25, -0.2) is 0 Å². The summed E-state index contributed by atoms with van der Waals surface area (Å²) in [5, 5.41) is 9.57. The summed E-state index contributed by atoms with van der Waals surface area (Å²) in [6.45, 7) is 7.15. The summed E-state index contributed by atoms with van der Waals surface area (Å²) >= 11 is 0. The largest absolute Gasteiger partial charge is 0.396 e. The molecule has 0 saturated heterocycles. The van der Waals surface area contributed by atoms with Crippen LogP contribution in [0.15, 0.2) is 0 Å². The lowest BCUT2D eigenvalue weighted by atomic mass is 9.54. The average Bonchev–Trinajstić information content (AvgIpc) is 2.46. The molecule has 3 aliphatic carbocycles. The normalized spacial score (nSPS) is 43.8. The third kappa shape index (κ3) is 3.59. The van der Waals surface area contributed by atoms with Crippen molar-refractivity contribution in [2.24, 2.45) is 35.5 Å². The molecule has 0 spiro atoms. The molecule has 3 fully saturated rings. The second-order valence-electron chi connectivity index (χ2n) is 7.83. The molecule has 3 saturated carbocycles. The van der Waals surface area contributed by atoms with E-state index < -0.39 is 0 Å². The second-order valence-corrected chi connectivity index (χ2v) is 7.83. The van der Waals surface area contributed by atoms with Gasteiger partial charge in [-0.15, -0.1) is 0 Å². The first-order valence-corrected chi connectivity index (χ1v) is 9.32. The number of fused-ring (bicyclic) bond motifs is 3. The zero-order chi connectivity index (χ0) is 14.5. The van der Waals surface area contributed by atoms with Crippen LogP contribution in [0.3, 0.4) is 0 Å². The van der Waals surface area contributed by atoms with Crippen LogP contribution in [0.5, 0.6) is 0 Å². The lowest BCUT2D eigenvalue weighted by Gasteiger charge is -2.51. The third-order valence-electron chi connectivity index (χ3n) is 6.23. The van der Waals surface area contributed by atoms with Crippen LogP contribution >= 0.6 is 0 Å². The first kappa shape index (κ1) is 16.3. The predicted molar refractivity (Wildman–Crippen MR) is 86.6 cm³/mol. The van der Waals surface area contributed by atoms with Crippen LogP contribution in [0, 0.1) is 35.5 Å². The highest BCUT2D eigenvalue weighted by molar-refractivity contribution is 4.94. The highest BCUT2D eigenvalue weighted by atomic mass is 16.3. The van der Waals surface area contributed by atoms with Gasteiger partial charge in [0.2, 0.25) is 0 Å². The van der Waals surface area contributed by atoms with E-state index in [0.717, 1.165) is 29.6 Å². The van der Waals surface area contributed by atoms with Crippen LogP contribution in [0.1, 0.15) is 78.6 Å². The van der Waals surface area contributed by atoms with Gasteiger partial charge >= 0.3 is 0 Å². The fourth-order valence-corrected chi connectivity index (χ4v) is 5.43. The van der Waals surface area contributed by atoms with E-state index in [9.17, 15) is 5.11 Å². The Labute approximate surface area is 126 Å². The number of aliphatic hydroxyl groups is 1. The molecule has 1 heteroatoms. The van der Waals surface area contributed by atoms with E-state index in [2.05, 4.69) is 20.8 Å². The van der Waals surface area contributed by atoms with Gasteiger partial charge in [0.05, 0.1) is 0 Å². The molecular formula is C19H36O. The van der Waals surface area contributed by atoms with Crippen LogP contribution in [0.25, 0.3) is 0 Å². The summed E-state index contributed by atoms with van der Waals surface area (Å²) in [5.41, 5.74) is 0. The van der Waals surface area contributed by atoms with Crippen LogP contribution < -0.4 is 0 Å². The molecule has 20 heavy (non-hydrogen) atoms. The van der Waals surface area contributed by atoms with Crippen molar-refractivity contribution in [3.8, 4) is 0 Å². The molecule has 0 aromatic rings. The van der Waals surface area contributed by atoms with E-state index in [1.807, 2.05) is 0 Å². The highest BCUT2D eigenvalue weighted by Gasteiger charge is 2.45. The van der Waals surface area contributed by atoms with Gasteiger partial charge in [-0.3, -0.25) is 0 Å². The van der Waals surface area contributed by atoms with Crippen LogP contribution in [0.4, 0.5) is 0 Å². The van der Waals surface area contributed by atoms with E-state index >= 15 is 0 Å². The first-order chi connectivity index (χ1) is 9.71. The summed E-state index contributed by atoms with van der Waals surface area (Å²) in [4.78, 5) is 0. The van der Waals surface area contributed by atoms with E-state index in [1.165, 1.54) is 57.8 Å². The zero-order valence-corrected chi connectivity index (χ0v) is 14.0. The van der Waals surface area contributed by atoms with Gasteiger partial charge in [0, 0.05) is 6.61 Å². The van der Waals surface area contributed by atoms with Crippen molar-refractivity contribution in [1.82, 2.24) is 0 Å². The summed E-state index contributed by atoms with van der Waals surface area (Å²) in [6.07, 6.45) is 12.7. The van der Waals surface area contributed by atoms with E-state index in [0.29, 0.717) is 12.5 Å². The van der Waals surface area contributed by atoms with Gasteiger partial charge in [-0.05, 0) is 74.0 Å². The predicted octanol–water partition coefficient (Wildman–Crippen LogP) is 5.27. The lowest BCUT2D eigenvalue weighted by molar-refractivity contribution is -0.0274. The van der Waals surface area contributed by atoms with Crippen molar-refractivity contribution in [3.63, 3.8) is 0 Å². The molecule has 0 heterocycles. The standard InChI is InChI=1S/C16H28O.C3H8/c1-11-5-7-14-12(9-11)6-8-15-13(10-17)3-2-4-16(14)15;1-3-2/h11-17H,2-10H2,1H3;3H2,1-2H3. The molecule has 0 bridgehead atoms. The van der Waals surface area contributed by atoms with E-state index in [1.54, 1.807) is 0 Å². The van der Waals surface area contributed by atoms with Crippen molar-refractivity contribution in [3.05, 3.63) is 0 Å². The third-order valence-corrected chi connectivity index (χ3v) is 6.23. The van der Waals surface area contributed by atoms with Gasteiger partial charge in [-0.1, -0.05) is 40.0 Å². The topological polar surface area (TPSA) is 20.2 Å². The summed E-state index contributed by atoms with van der Waals surface area (Å²) < 4.78 is 0. The van der Waals surface area contributed by atoms with Crippen LogP contribution in [-0.2, 0) is 0 Å². The Morgan fingerprint density at radius 2 is 1.55 bits per heavy atom. The van der Waals surface area contributed by atoms with Crippen molar-refractivity contribution in [2.75, 3.05) is 6.61 Å². The van der Waals surface area contributed by atoms with Gasteiger partial charge in [-0.2, -0.15) is 0 Å². The van der Waals surface area contributed by atoms with Crippen LogP contribution in [0.2, 0.25) is 0 Å². The quantitative estimate of drug-likeness (QED) is 0.693. The zero-order valence-electron chi connectivity index (χ0n) is 14.0. The Kier molecular flexibility index (Phi) is 6.39. The molecule has 6 unspecified atom stereocenters. The Balaban J connectivity index is 0.000000452. The number of rotatable bonds is 1. The van der Waals surface area contributed by atoms with Crippen molar-refractivity contribution in [1.29, 1.82) is 0 Å². The highest BCUT2D eigenvalue weighted by Crippen LogP contribution is 2.53. The number of hydrogen-bond acceptors (Lipinski definition) is 1. The monoisotopic (exact) mass is 280 g/mol. The number of hydrogen-bond donors (Lipinski definition) is 1. The molecule has 118 valence electrons. The molecule has 6 atom stereocenters. The minimum absolute atomic E-state index is 0.453. The minimum atomic E-state index is 0.453. The van der Waals surface area contributed by atoms with Gasteiger partial charge in [0.25, 0.3) is 0 Å². The second kappa shape index (κ2) is 7.82. The summed E-state index contributed by atoms with van der Waals surface area (Å²) in [5.74, 6) is 5.55. The summed E-state index contributed by atoms with van der Waals surface area (Å²) in [6, 6.07) is 0. The Morgan fingerprint density at radius 1 is 0.850 bits per heavy atom. The molecule has 0 aromatic carbocycles. The fraction of sp³-hybridized carbons (Fsp3) is 1.00. The Bertz CT molecular complexity index is 275. The maximum absolute atomic E-state index is 9.57. The summed E-state index contributed by atoms with van der Waals surface area (Å²) in [7, 11) is 0. The molecule has 0 aromatic heterocycles. The molecule has 0 radical (unpaired) electrons. The molecule has 1 nitrogen and oxygen atoms in total. The smallest absolute Gasteiger partial charge is 0.0462 e. The molecule has 0 aliphatic heterocycles. The van der Waals surface area contributed by atoms with E-state index in [-0.39, 0.29) is 0 Å². The fourth-order valence-electron chi connectivity index (χ4n) is 5.43. The van der Waals surface area contributed by atoms with Crippen molar-refractivity contribution in [2.45, 2.75) is 78.6 Å². The SMILES string of the molecule is CC1CCC2C(CCC3C(CO)CCCC32)C1.CCC. The molecule has 3 aliphatic rings. The Morgan fingerprint density at radius 3 is 2.25 bits per heavy atom. The van der Waals surface area contributed by atoms with Crippen LogP contribution in [-0.4, -0.2) is 11.7 Å². The van der Waals surface area contributed by atoms with Crippen molar-refractivity contribution >= 4 is 0 Å². The molecule has 0 amide bonds. The van der Waals surface area contributed by atoms with E-state index in [4.69, 9.17) is 0 Å². The van der Waals surface area contributed by atoms with Crippen molar-refractivity contribution < 1.29 is 5.11 Å². The van der Waals surface area contributed by atoms with Gasteiger partial charge in [0.15, 0.2) is 0 Å². The molecular weight excluding hydrogens is 244 g/mol. The lowest BCUT2D eigenvalue weighted by Crippen LogP contribution is -2.43. The van der Waals surface area contributed by atoms with Gasteiger partial charge < -0.3 is 5.11 Å². The first-order valence-electron chi connectivity index (χ1n) is 9.32. The molecule has 1 N–H and O–H groups in total. The minimum Gasteiger partial charge on any atom is -0.396 e. The number of aliphatic hydroxyl groups excluding tert-OH is 1.